The third-order valence-electron chi connectivity index (χ3n) is 1.79. The summed E-state index contributed by atoms with van der Waals surface area (Å²) in [6.45, 7) is 0. The first kappa shape index (κ1) is 14.8. The molecular weight excluding hydrogens is 274 g/mol. The summed E-state index contributed by atoms with van der Waals surface area (Å²) >= 11 is 0. The third-order valence-corrected chi connectivity index (χ3v) is 1.79. The van der Waals surface area contributed by atoms with Crippen molar-refractivity contribution in [3.8, 4) is 5.75 Å². The molecule has 0 aliphatic rings. The second-order valence-electron chi connectivity index (χ2n) is 3.20. The molecule has 9 nitrogen and oxygen atoms in total. The number of rotatable bonds is 4. The summed E-state index contributed by atoms with van der Waals surface area (Å²) in [4.78, 5) is 41.9. The van der Waals surface area contributed by atoms with Crippen LogP contribution in [0.2, 0.25) is 0 Å². The number of carboxylic acid groups (broad SMARTS) is 1. The molecule has 1 aromatic carbocycles. The van der Waals surface area contributed by atoms with E-state index in [1.165, 1.54) is 0 Å². The largest absolute Gasteiger partial charge is 0.521 e. The number of esters is 1. The number of carbonyl (C=O) groups excluding carboxylic acids is 2. The first-order chi connectivity index (χ1) is 9.38. The Hall–Kier alpha value is -3.23. The fraction of sp³-hybridized carbons (Fsp3) is 0. The summed E-state index contributed by atoms with van der Waals surface area (Å²) in [5.41, 5.74) is -0.203. The van der Waals surface area contributed by atoms with Gasteiger partial charge in [0, 0.05) is 24.3 Å². The van der Waals surface area contributed by atoms with Gasteiger partial charge in [-0.15, -0.1) is 0 Å². The normalized spacial score (nSPS) is 10.0. The van der Waals surface area contributed by atoms with Crippen molar-refractivity contribution in [2.75, 3.05) is 0 Å². The van der Waals surface area contributed by atoms with E-state index in [4.69, 9.17) is 5.11 Å². The minimum Gasteiger partial charge on any atom is -0.478 e. The van der Waals surface area contributed by atoms with E-state index in [9.17, 15) is 24.5 Å². The molecule has 0 radical (unpaired) electrons. The van der Waals surface area contributed by atoms with Gasteiger partial charge in [0.05, 0.1) is 4.92 Å². The van der Waals surface area contributed by atoms with Crippen LogP contribution >= 0.6 is 0 Å². The van der Waals surface area contributed by atoms with E-state index in [1.807, 2.05) is 0 Å². The maximum absolute atomic E-state index is 11.1. The van der Waals surface area contributed by atoms with Crippen molar-refractivity contribution in [1.29, 1.82) is 0 Å². The van der Waals surface area contributed by atoms with Gasteiger partial charge in [0.15, 0.2) is 0 Å². The van der Waals surface area contributed by atoms with E-state index in [-0.39, 0.29) is 11.4 Å². The zero-order chi connectivity index (χ0) is 15.1. The van der Waals surface area contributed by atoms with Crippen LogP contribution in [0.15, 0.2) is 36.4 Å². The summed E-state index contributed by atoms with van der Waals surface area (Å²) < 4.78 is 8.64. The van der Waals surface area contributed by atoms with E-state index < -0.39 is 23.0 Å². The Morgan fingerprint density at radius 3 is 2.25 bits per heavy atom. The molecule has 0 spiro atoms. The second kappa shape index (κ2) is 6.64. The van der Waals surface area contributed by atoms with Crippen LogP contribution in [0.1, 0.15) is 0 Å². The maximum Gasteiger partial charge on any atom is 0.521 e. The Kier molecular flexibility index (Phi) is 4.92. The van der Waals surface area contributed by atoms with Gasteiger partial charge in [-0.3, -0.25) is 10.1 Å². The van der Waals surface area contributed by atoms with E-state index in [1.54, 1.807) is 0 Å². The molecule has 0 unspecified atom stereocenters. The molecule has 1 aromatic rings. The van der Waals surface area contributed by atoms with Gasteiger partial charge >= 0.3 is 18.1 Å². The summed E-state index contributed by atoms with van der Waals surface area (Å²) in [6.07, 6.45) is -0.375. The number of carboxylic acids is 1. The van der Waals surface area contributed by atoms with Crippen molar-refractivity contribution in [2.24, 2.45) is 0 Å². The van der Waals surface area contributed by atoms with Crippen molar-refractivity contribution < 1.29 is 33.9 Å². The number of nitro groups is 1. The highest BCUT2D eigenvalue weighted by Gasteiger charge is 2.12. The fourth-order valence-corrected chi connectivity index (χ4v) is 1.01. The summed E-state index contributed by atoms with van der Waals surface area (Å²) in [5.74, 6) is -2.68. The Morgan fingerprint density at radius 1 is 1.15 bits per heavy atom. The van der Waals surface area contributed by atoms with Crippen LogP contribution < -0.4 is 4.74 Å². The van der Waals surface area contributed by atoms with Gasteiger partial charge in [0.2, 0.25) is 0 Å². The maximum atomic E-state index is 11.1. The van der Waals surface area contributed by atoms with Crippen molar-refractivity contribution in [3.05, 3.63) is 46.5 Å². The lowest BCUT2D eigenvalue weighted by molar-refractivity contribution is -0.384. The van der Waals surface area contributed by atoms with Crippen LogP contribution in [0.4, 0.5) is 10.5 Å². The molecule has 0 amide bonds. The molecule has 104 valence electrons. The molecule has 0 bridgehead atoms. The predicted octanol–water partition coefficient (Wildman–Crippen LogP) is 1.28. The number of nitro benzene ring substituents is 1. The number of carbonyl (C=O) groups is 3. The molecule has 9 heteroatoms. The number of hydrogen-bond donors (Lipinski definition) is 1. The van der Waals surface area contributed by atoms with Gasteiger partial charge in [0.1, 0.15) is 5.75 Å². The molecule has 1 N–H and O–H groups in total. The molecule has 0 heterocycles. The van der Waals surface area contributed by atoms with Gasteiger partial charge < -0.3 is 14.6 Å². The molecular formula is C11H7NO8. The lowest BCUT2D eigenvalue weighted by Gasteiger charge is -2.02. The minimum atomic E-state index is -1.39. The zero-order valence-corrected chi connectivity index (χ0v) is 9.72. The molecule has 0 aliphatic heterocycles. The minimum absolute atomic E-state index is 0.0735. The second-order valence-corrected chi connectivity index (χ2v) is 3.20. The number of nitrogens with zero attached hydrogens (tertiary/aromatic N) is 1. The predicted molar refractivity (Wildman–Crippen MR) is 62.0 cm³/mol. The molecule has 0 fully saturated rings. The fourth-order valence-electron chi connectivity index (χ4n) is 1.01. The SMILES string of the molecule is O=C(O)/C=C/C(=O)OC(=O)Oc1ccc([N+](=O)[O-])cc1. The highest BCUT2D eigenvalue weighted by molar-refractivity contribution is 5.95. The van der Waals surface area contributed by atoms with Crippen molar-refractivity contribution >= 4 is 23.8 Å². The molecule has 1 rings (SSSR count). The average Bonchev–Trinajstić information content (AvgIpc) is 2.36. The lowest BCUT2D eigenvalue weighted by Crippen LogP contribution is -2.14. The number of hydrogen-bond acceptors (Lipinski definition) is 7. The molecule has 0 saturated carbocycles. The Balaban J connectivity index is 2.56. The number of benzene rings is 1. The van der Waals surface area contributed by atoms with Gasteiger partial charge in [-0.25, -0.2) is 14.4 Å². The number of non-ortho nitro benzene ring substituents is 1. The molecule has 0 atom stereocenters. The molecule has 0 aromatic heterocycles. The van der Waals surface area contributed by atoms with Gasteiger partial charge in [-0.05, 0) is 12.1 Å². The van der Waals surface area contributed by atoms with Crippen molar-refractivity contribution in [2.45, 2.75) is 0 Å². The van der Waals surface area contributed by atoms with Gasteiger partial charge in [0.25, 0.3) is 5.69 Å². The van der Waals surface area contributed by atoms with E-state index >= 15 is 0 Å². The van der Waals surface area contributed by atoms with E-state index in [0.29, 0.717) is 12.2 Å². The molecule has 0 saturated heterocycles. The van der Waals surface area contributed by atoms with Crippen LogP contribution in [0.25, 0.3) is 0 Å². The van der Waals surface area contributed by atoms with Crippen LogP contribution in [0.5, 0.6) is 5.75 Å². The Labute approximate surface area is 111 Å². The first-order valence-corrected chi connectivity index (χ1v) is 4.97. The zero-order valence-electron chi connectivity index (χ0n) is 9.72. The first-order valence-electron chi connectivity index (χ1n) is 4.97. The smallest absolute Gasteiger partial charge is 0.478 e. The van der Waals surface area contributed by atoms with Gasteiger partial charge in [-0.2, -0.15) is 0 Å². The van der Waals surface area contributed by atoms with E-state index in [2.05, 4.69) is 9.47 Å². The quantitative estimate of drug-likeness (QED) is 0.218. The lowest BCUT2D eigenvalue weighted by atomic mass is 10.3. The monoisotopic (exact) mass is 281 g/mol. The van der Waals surface area contributed by atoms with Crippen molar-refractivity contribution in [3.63, 3.8) is 0 Å². The van der Waals surface area contributed by atoms with Crippen LogP contribution in [0.3, 0.4) is 0 Å². The molecule has 0 aliphatic carbocycles. The molecule has 20 heavy (non-hydrogen) atoms. The standard InChI is InChI=1S/C11H7NO8/c13-9(14)5-6-10(15)20-11(16)19-8-3-1-7(2-4-8)12(17)18/h1-6H,(H,13,14)/b6-5+. The van der Waals surface area contributed by atoms with Crippen LogP contribution in [0, 0.1) is 10.1 Å². The van der Waals surface area contributed by atoms with Crippen LogP contribution in [-0.4, -0.2) is 28.1 Å². The Bertz CT molecular complexity index is 575. The third kappa shape index (κ3) is 4.96. The Morgan fingerprint density at radius 2 is 1.75 bits per heavy atom. The number of aliphatic carboxylic acids is 1. The van der Waals surface area contributed by atoms with Crippen LogP contribution in [-0.2, 0) is 14.3 Å². The average molecular weight is 281 g/mol. The van der Waals surface area contributed by atoms with Crippen molar-refractivity contribution in [1.82, 2.24) is 0 Å². The number of ether oxygens (including phenoxy) is 2. The van der Waals surface area contributed by atoms with E-state index in [0.717, 1.165) is 24.3 Å². The summed E-state index contributed by atoms with van der Waals surface area (Å²) in [7, 11) is 0. The topological polar surface area (TPSA) is 133 Å². The summed E-state index contributed by atoms with van der Waals surface area (Å²) in [5, 5.41) is 18.6. The highest BCUT2D eigenvalue weighted by atomic mass is 16.7. The summed E-state index contributed by atoms with van der Waals surface area (Å²) in [6, 6.07) is 4.46. The van der Waals surface area contributed by atoms with Gasteiger partial charge in [-0.1, -0.05) is 0 Å². The highest BCUT2D eigenvalue weighted by Crippen LogP contribution is 2.17.